The largest absolute Gasteiger partial charge is 0.507 e. The fourth-order valence-corrected chi connectivity index (χ4v) is 1.66. The van der Waals surface area contributed by atoms with Gasteiger partial charge in [-0.1, -0.05) is 24.3 Å². The van der Waals surface area contributed by atoms with E-state index in [2.05, 4.69) is 0 Å². The highest BCUT2D eigenvalue weighted by molar-refractivity contribution is 5.85. The van der Waals surface area contributed by atoms with Crippen molar-refractivity contribution in [2.24, 2.45) is 0 Å². The van der Waals surface area contributed by atoms with Crippen LogP contribution >= 0.6 is 0 Å². The van der Waals surface area contributed by atoms with Gasteiger partial charge in [-0.2, -0.15) is 0 Å². The van der Waals surface area contributed by atoms with Crippen molar-refractivity contribution in [2.75, 3.05) is 7.11 Å². The molecular formula is C14H12O3. The Kier molecular flexibility index (Phi) is 3.10. The molecule has 0 amide bonds. The van der Waals surface area contributed by atoms with Gasteiger partial charge in [0.15, 0.2) is 6.29 Å². The summed E-state index contributed by atoms with van der Waals surface area (Å²) >= 11 is 0. The summed E-state index contributed by atoms with van der Waals surface area (Å²) in [4.78, 5) is 10.7. The van der Waals surface area contributed by atoms with Crippen LogP contribution in [0.4, 0.5) is 0 Å². The molecule has 0 saturated heterocycles. The lowest BCUT2D eigenvalue weighted by Gasteiger charge is -2.07. The van der Waals surface area contributed by atoms with E-state index in [1.807, 2.05) is 24.3 Å². The van der Waals surface area contributed by atoms with Crippen LogP contribution in [-0.2, 0) is 0 Å². The molecule has 2 rings (SSSR count). The molecule has 0 bridgehead atoms. The zero-order chi connectivity index (χ0) is 12.3. The molecule has 0 aliphatic rings. The summed E-state index contributed by atoms with van der Waals surface area (Å²) in [6.45, 7) is 0. The van der Waals surface area contributed by atoms with E-state index in [9.17, 15) is 9.90 Å². The first-order valence-electron chi connectivity index (χ1n) is 5.18. The maximum absolute atomic E-state index is 10.7. The van der Waals surface area contributed by atoms with Gasteiger partial charge in [-0.15, -0.1) is 0 Å². The third kappa shape index (κ3) is 2.13. The topological polar surface area (TPSA) is 46.5 Å². The van der Waals surface area contributed by atoms with E-state index in [0.717, 1.165) is 11.3 Å². The van der Waals surface area contributed by atoms with Crippen molar-refractivity contribution in [1.29, 1.82) is 0 Å². The Hall–Kier alpha value is -2.29. The number of aldehydes is 1. The second kappa shape index (κ2) is 4.70. The average Bonchev–Trinajstić information content (AvgIpc) is 2.39. The minimum atomic E-state index is 0.00710. The van der Waals surface area contributed by atoms with Gasteiger partial charge in [0.05, 0.1) is 12.7 Å². The Labute approximate surface area is 99.3 Å². The predicted molar refractivity (Wildman–Crippen MR) is 65.5 cm³/mol. The fraction of sp³-hybridized carbons (Fsp3) is 0.0714. The number of rotatable bonds is 3. The minimum Gasteiger partial charge on any atom is -0.507 e. The lowest BCUT2D eigenvalue weighted by Crippen LogP contribution is -1.86. The quantitative estimate of drug-likeness (QED) is 0.821. The zero-order valence-corrected chi connectivity index (χ0v) is 9.38. The molecule has 2 aromatic rings. The van der Waals surface area contributed by atoms with Crippen LogP contribution in [0, 0.1) is 0 Å². The molecule has 0 saturated carbocycles. The number of hydrogen-bond donors (Lipinski definition) is 1. The molecule has 0 atom stereocenters. The molecule has 0 aliphatic heterocycles. The first kappa shape index (κ1) is 11.2. The fourth-order valence-electron chi connectivity index (χ4n) is 1.66. The molecule has 0 aliphatic carbocycles. The van der Waals surface area contributed by atoms with Crippen LogP contribution in [0.2, 0.25) is 0 Å². The van der Waals surface area contributed by atoms with Gasteiger partial charge in [0.2, 0.25) is 0 Å². The van der Waals surface area contributed by atoms with Gasteiger partial charge in [0.1, 0.15) is 11.5 Å². The number of aromatic hydroxyl groups is 1. The molecule has 0 heterocycles. The van der Waals surface area contributed by atoms with Crippen molar-refractivity contribution in [1.82, 2.24) is 0 Å². The monoisotopic (exact) mass is 228 g/mol. The van der Waals surface area contributed by atoms with Crippen LogP contribution < -0.4 is 4.74 Å². The van der Waals surface area contributed by atoms with Gasteiger partial charge >= 0.3 is 0 Å². The van der Waals surface area contributed by atoms with Gasteiger partial charge in [-0.25, -0.2) is 0 Å². The van der Waals surface area contributed by atoms with E-state index in [0.29, 0.717) is 17.4 Å². The van der Waals surface area contributed by atoms with Gasteiger partial charge in [-0.05, 0) is 23.8 Å². The zero-order valence-electron chi connectivity index (χ0n) is 9.38. The van der Waals surface area contributed by atoms with Gasteiger partial charge in [-0.3, -0.25) is 4.79 Å². The molecule has 86 valence electrons. The summed E-state index contributed by atoms with van der Waals surface area (Å²) in [6.07, 6.45) is 0.641. The van der Waals surface area contributed by atoms with E-state index in [1.165, 1.54) is 0 Å². The maximum Gasteiger partial charge on any atom is 0.153 e. The second-order valence-corrected chi connectivity index (χ2v) is 3.59. The second-order valence-electron chi connectivity index (χ2n) is 3.59. The summed E-state index contributed by atoms with van der Waals surface area (Å²) < 4.78 is 5.06. The molecule has 17 heavy (non-hydrogen) atoms. The van der Waals surface area contributed by atoms with Crippen LogP contribution in [0.5, 0.6) is 11.5 Å². The number of methoxy groups -OCH3 is 1. The van der Waals surface area contributed by atoms with E-state index in [-0.39, 0.29) is 5.75 Å². The number of ether oxygens (including phenoxy) is 1. The highest BCUT2D eigenvalue weighted by Gasteiger charge is 2.08. The Morgan fingerprint density at radius 2 is 1.82 bits per heavy atom. The lowest BCUT2D eigenvalue weighted by molar-refractivity contribution is 0.112. The maximum atomic E-state index is 10.7. The summed E-state index contributed by atoms with van der Waals surface area (Å²) in [6, 6.07) is 12.4. The van der Waals surface area contributed by atoms with Crippen molar-refractivity contribution in [2.45, 2.75) is 0 Å². The summed E-state index contributed by atoms with van der Waals surface area (Å²) in [7, 11) is 1.60. The molecule has 0 radical (unpaired) electrons. The number of para-hydroxylation sites is 1. The summed E-state index contributed by atoms with van der Waals surface area (Å²) in [5.74, 6) is 0.757. The molecule has 2 aromatic carbocycles. The number of benzene rings is 2. The van der Waals surface area contributed by atoms with E-state index < -0.39 is 0 Å². The lowest BCUT2D eigenvalue weighted by atomic mass is 10.0. The minimum absolute atomic E-state index is 0.00710. The number of phenolic OH excluding ortho intramolecular Hbond substituents is 1. The first-order valence-corrected chi connectivity index (χ1v) is 5.18. The number of phenols is 1. The third-order valence-electron chi connectivity index (χ3n) is 2.60. The third-order valence-corrected chi connectivity index (χ3v) is 2.60. The standard InChI is InChI=1S/C14H12O3/c1-17-12-7-5-10(6-8-12)13-4-2-3-11(9-15)14(13)16/h2-9,16H,1H3. The van der Waals surface area contributed by atoms with E-state index >= 15 is 0 Å². The molecule has 3 heteroatoms. The van der Waals surface area contributed by atoms with Crippen LogP contribution in [0.3, 0.4) is 0 Å². The van der Waals surface area contributed by atoms with Crippen molar-refractivity contribution < 1.29 is 14.6 Å². The molecule has 1 N–H and O–H groups in total. The Balaban J connectivity index is 2.48. The molecule has 0 unspecified atom stereocenters. The highest BCUT2D eigenvalue weighted by atomic mass is 16.5. The Bertz CT molecular complexity index is 530. The van der Waals surface area contributed by atoms with E-state index in [4.69, 9.17) is 4.74 Å². The molecule has 0 fully saturated rings. The van der Waals surface area contributed by atoms with Gasteiger partial charge < -0.3 is 9.84 Å². The molecular weight excluding hydrogens is 216 g/mol. The van der Waals surface area contributed by atoms with E-state index in [1.54, 1.807) is 25.3 Å². The van der Waals surface area contributed by atoms with Crippen LogP contribution in [0.1, 0.15) is 10.4 Å². The molecule has 0 spiro atoms. The number of carbonyl (C=O) groups excluding carboxylic acids is 1. The van der Waals surface area contributed by atoms with Crippen molar-refractivity contribution in [3.8, 4) is 22.6 Å². The van der Waals surface area contributed by atoms with Crippen molar-refractivity contribution >= 4 is 6.29 Å². The van der Waals surface area contributed by atoms with Crippen molar-refractivity contribution in [3.63, 3.8) is 0 Å². The average molecular weight is 228 g/mol. The normalized spacial score (nSPS) is 9.94. The summed E-state index contributed by atoms with van der Waals surface area (Å²) in [5, 5.41) is 9.91. The van der Waals surface area contributed by atoms with Crippen LogP contribution in [0.15, 0.2) is 42.5 Å². The van der Waals surface area contributed by atoms with Crippen LogP contribution in [-0.4, -0.2) is 18.5 Å². The van der Waals surface area contributed by atoms with Gasteiger partial charge in [0, 0.05) is 5.56 Å². The highest BCUT2D eigenvalue weighted by Crippen LogP contribution is 2.32. The van der Waals surface area contributed by atoms with Crippen LogP contribution in [0.25, 0.3) is 11.1 Å². The Morgan fingerprint density at radius 1 is 1.12 bits per heavy atom. The van der Waals surface area contributed by atoms with Crippen molar-refractivity contribution in [3.05, 3.63) is 48.0 Å². The smallest absolute Gasteiger partial charge is 0.153 e. The number of carbonyl (C=O) groups is 1. The molecule has 0 aromatic heterocycles. The van der Waals surface area contributed by atoms with Gasteiger partial charge in [0.25, 0.3) is 0 Å². The molecule has 3 nitrogen and oxygen atoms in total. The first-order chi connectivity index (χ1) is 8.26. The Morgan fingerprint density at radius 3 is 2.41 bits per heavy atom. The summed E-state index contributed by atoms with van der Waals surface area (Å²) in [5.41, 5.74) is 1.77. The SMILES string of the molecule is COc1ccc(-c2cccc(C=O)c2O)cc1. The number of hydrogen-bond acceptors (Lipinski definition) is 3. The predicted octanol–water partition coefficient (Wildman–Crippen LogP) is 2.88.